The highest BCUT2D eigenvalue weighted by molar-refractivity contribution is 5.69. The third kappa shape index (κ3) is 7.53. The van der Waals surface area contributed by atoms with Crippen molar-refractivity contribution in [3.05, 3.63) is 0 Å². The molecule has 0 spiro atoms. The molecular formula is C15H30N2O2. The van der Waals surface area contributed by atoms with E-state index in [1.807, 2.05) is 0 Å². The lowest BCUT2D eigenvalue weighted by atomic mass is 10.0. The van der Waals surface area contributed by atoms with Crippen LogP contribution in [0.5, 0.6) is 0 Å². The van der Waals surface area contributed by atoms with E-state index in [1.165, 1.54) is 38.9 Å². The Morgan fingerprint density at radius 3 is 2.53 bits per heavy atom. The summed E-state index contributed by atoms with van der Waals surface area (Å²) in [4.78, 5) is 13.2. The van der Waals surface area contributed by atoms with E-state index in [9.17, 15) is 4.79 Å². The lowest BCUT2D eigenvalue weighted by Gasteiger charge is -2.17. The molecule has 0 amide bonds. The first kappa shape index (κ1) is 16.4. The van der Waals surface area contributed by atoms with Crippen molar-refractivity contribution >= 4 is 5.97 Å². The van der Waals surface area contributed by atoms with Crippen LogP contribution in [0.25, 0.3) is 0 Å². The topological polar surface area (TPSA) is 52.6 Å². The SMILES string of the molecule is CC(CCCC(C)C(=O)O)NCCCN1CCCC1. The van der Waals surface area contributed by atoms with Gasteiger partial charge in [-0.25, -0.2) is 0 Å². The molecule has 0 aromatic carbocycles. The van der Waals surface area contributed by atoms with Gasteiger partial charge in [-0.05, 0) is 65.2 Å². The van der Waals surface area contributed by atoms with Crippen LogP contribution in [-0.2, 0) is 4.79 Å². The molecule has 1 rings (SSSR count). The molecule has 0 aromatic rings. The molecule has 4 nitrogen and oxygen atoms in total. The number of hydrogen-bond donors (Lipinski definition) is 2. The summed E-state index contributed by atoms with van der Waals surface area (Å²) >= 11 is 0. The Morgan fingerprint density at radius 2 is 1.89 bits per heavy atom. The molecule has 2 atom stereocenters. The van der Waals surface area contributed by atoms with Gasteiger partial charge in [-0.2, -0.15) is 0 Å². The van der Waals surface area contributed by atoms with Crippen molar-refractivity contribution in [2.24, 2.45) is 5.92 Å². The molecule has 1 saturated heterocycles. The predicted octanol–water partition coefficient (Wildman–Crippen LogP) is 2.34. The minimum Gasteiger partial charge on any atom is -0.481 e. The predicted molar refractivity (Wildman–Crippen MR) is 78.4 cm³/mol. The molecule has 4 heteroatoms. The normalized spacial score (nSPS) is 19.5. The summed E-state index contributed by atoms with van der Waals surface area (Å²) in [5.41, 5.74) is 0. The van der Waals surface area contributed by atoms with Gasteiger partial charge in [0.25, 0.3) is 0 Å². The number of nitrogens with one attached hydrogen (secondary N) is 1. The number of rotatable bonds is 10. The highest BCUT2D eigenvalue weighted by Crippen LogP contribution is 2.10. The van der Waals surface area contributed by atoms with Crippen molar-refractivity contribution in [1.29, 1.82) is 0 Å². The Hall–Kier alpha value is -0.610. The van der Waals surface area contributed by atoms with Crippen LogP contribution in [0.4, 0.5) is 0 Å². The van der Waals surface area contributed by atoms with Gasteiger partial charge < -0.3 is 15.3 Å². The van der Waals surface area contributed by atoms with Crippen LogP contribution in [-0.4, -0.2) is 48.2 Å². The molecular weight excluding hydrogens is 240 g/mol. The average Bonchev–Trinajstić information content (AvgIpc) is 2.87. The second kappa shape index (κ2) is 9.32. The van der Waals surface area contributed by atoms with Gasteiger partial charge >= 0.3 is 5.97 Å². The van der Waals surface area contributed by atoms with Gasteiger partial charge in [0.2, 0.25) is 0 Å². The minimum absolute atomic E-state index is 0.206. The molecule has 1 aliphatic rings. The highest BCUT2D eigenvalue weighted by Gasteiger charge is 2.12. The third-order valence-corrected chi connectivity index (χ3v) is 4.04. The molecule has 19 heavy (non-hydrogen) atoms. The molecule has 0 aliphatic carbocycles. The fraction of sp³-hybridized carbons (Fsp3) is 0.933. The van der Waals surface area contributed by atoms with Crippen LogP contribution >= 0.6 is 0 Å². The first-order chi connectivity index (χ1) is 9.09. The first-order valence-electron chi connectivity index (χ1n) is 7.78. The summed E-state index contributed by atoms with van der Waals surface area (Å²) in [5.74, 6) is -0.881. The molecule has 2 unspecified atom stereocenters. The standard InChI is InChI=1S/C15H30N2O2/c1-13(15(18)19)7-5-8-14(2)16-9-6-12-17-10-3-4-11-17/h13-14,16H,3-12H2,1-2H3,(H,18,19). The zero-order valence-corrected chi connectivity index (χ0v) is 12.5. The van der Waals surface area contributed by atoms with Crippen LogP contribution in [0.2, 0.25) is 0 Å². The first-order valence-corrected chi connectivity index (χ1v) is 7.78. The molecule has 0 bridgehead atoms. The van der Waals surface area contributed by atoms with Crippen LogP contribution in [0.15, 0.2) is 0 Å². The third-order valence-electron chi connectivity index (χ3n) is 4.04. The number of hydrogen-bond acceptors (Lipinski definition) is 3. The molecule has 1 heterocycles. The number of nitrogens with zero attached hydrogens (tertiary/aromatic N) is 1. The van der Waals surface area contributed by atoms with Crippen LogP contribution in [0, 0.1) is 5.92 Å². The van der Waals surface area contributed by atoms with E-state index >= 15 is 0 Å². The molecule has 0 aromatic heterocycles. The van der Waals surface area contributed by atoms with E-state index in [-0.39, 0.29) is 5.92 Å². The minimum atomic E-state index is -0.675. The maximum atomic E-state index is 10.7. The molecule has 0 radical (unpaired) electrons. The highest BCUT2D eigenvalue weighted by atomic mass is 16.4. The number of carbonyl (C=O) groups is 1. The van der Waals surface area contributed by atoms with Crippen LogP contribution < -0.4 is 5.32 Å². The zero-order chi connectivity index (χ0) is 14.1. The largest absolute Gasteiger partial charge is 0.481 e. The van der Waals surface area contributed by atoms with Gasteiger partial charge in [0.05, 0.1) is 5.92 Å². The lowest BCUT2D eigenvalue weighted by molar-refractivity contribution is -0.141. The molecule has 0 saturated carbocycles. The second-order valence-electron chi connectivity index (χ2n) is 5.93. The number of likely N-dealkylation sites (tertiary alicyclic amines) is 1. The fourth-order valence-electron chi connectivity index (χ4n) is 2.61. The monoisotopic (exact) mass is 270 g/mol. The van der Waals surface area contributed by atoms with Gasteiger partial charge in [-0.15, -0.1) is 0 Å². The van der Waals surface area contributed by atoms with Crippen molar-refractivity contribution in [3.8, 4) is 0 Å². The fourth-order valence-corrected chi connectivity index (χ4v) is 2.61. The maximum Gasteiger partial charge on any atom is 0.306 e. The van der Waals surface area contributed by atoms with E-state index in [4.69, 9.17) is 5.11 Å². The van der Waals surface area contributed by atoms with Gasteiger partial charge in [0, 0.05) is 6.04 Å². The van der Waals surface area contributed by atoms with E-state index in [0.29, 0.717) is 6.04 Å². The second-order valence-corrected chi connectivity index (χ2v) is 5.93. The van der Waals surface area contributed by atoms with Gasteiger partial charge in [-0.3, -0.25) is 4.79 Å². The summed E-state index contributed by atoms with van der Waals surface area (Å²) in [7, 11) is 0. The lowest BCUT2D eigenvalue weighted by Crippen LogP contribution is -2.30. The molecule has 112 valence electrons. The quantitative estimate of drug-likeness (QED) is 0.598. The van der Waals surface area contributed by atoms with Crippen molar-refractivity contribution < 1.29 is 9.90 Å². The van der Waals surface area contributed by atoms with Gasteiger partial charge in [-0.1, -0.05) is 13.3 Å². The molecule has 2 N–H and O–H groups in total. The summed E-state index contributed by atoms with van der Waals surface area (Å²) < 4.78 is 0. The van der Waals surface area contributed by atoms with Crippen molar-refractivity contribution in [3.63, 3.8) is 0 Å². The molecule has 1 fully saturated rings. The number of carboxylic acids is 1. The van der Waals surface area contributed by atoms with Gasteiger partial charge in [0.15, 0.2) is 0 Å². The van der Waals surface area contributed by atoms with Crippen molar-refractivity contribution in [2.45, 2.75) is 58.4 Å². The average molecular weight is 270 g/mol. The van der Waals surface area contributed by atoms with Crippen molar-refractivity contribution in [1.82, 2.24) is 10.2 Å². The zero-order valence-electron chi connectivity index (χ0n) is 12.5. The van der Waals surface area contributed by atoms with Crippen molar-refractivity contribution in [2.75, 3.05) is 26.2 Å². The Labute approximate surface area is 117 Å². The number of carboxylic acid groups (broad SMARTS) is 1. The van der Waals surface area contributed by atoms with E-state index in [2.05, 4.69) is 17.1 Å². The molecule has 1 aliphatic heterocycles. The van der Waals surface area contributed by atoms with E-state index in [1.54, 1.807) is 6.92 Å². The smallest absolute Gasteiger partial charge is 0.306 e. The van der Waals surface area contributed by atoms with Gasteiger partial charge in [0.1, 0.15) is 0 Å². The summed E-state index contributed by atoms with van der Waals surface area (Å²) in [6.07, 6.45) is 6.80. The van der Waals surface area contributed by atoms with E-state index in [0.717, 1.165) is 25.8 Å². The van der Waals surface area contributed by atoms with Crippen LogP contribution in [0.1, 0.15) is 52.4 Å². The Balaban J connectivity index is 1.92. The number of aliphatic carboxylic acids is 1. The van der Waals surface area contributed by atoms with Crippen LogP contribution in [0.3, 0.4) is 0 Å². The van der Waals surface area contributed by atoms with E-state index < -0.39 is 5.97 Å². The Kier molecular flexibility index (Phi) is 8.07. The summed E-state index contributed by atoms with van der Waals surface area (Å²) in [6.45, 7) is 8.84. The Bertz CT molecular complexity index is 253. The summed E-state index contributed by atoms with van der Waals surface area (Å²) in [5, 5.41) is 12.3. The summed E-state index contributed by atoms with van der Waals surface area (Å²) in [6, 6.07) is 0.500. The Morgan fingerprint density at radius 1 is 1.21 bits per heavy atom. The maximum absolute atomic E-state index is 10.7.